The van der Waals surface area contributed by atoms with Gasteiger partial charge in [0.15, 0.2) is 0 Å². The van der Waals surface area contributed by atoms with E-state index < -0.39 is 6.17 Å². The predicted molar refractivity (Wildman–Crippen MR) is 94.7 cm³/mol. The number of hydrogen-bond donors (Lipinski definition) is 2. The third-order valence-corrected chi connectivity index (χ3v) is 4.45. The molecule has 1 heterocycles. The molecule has 2 aromatic rings. The van der Waals surface area contributed by atoms with Crippen molar-refractivity contribution in [3.8, 4) is 0 Å². The summed E-state index contributed by atoms with van der Waals surface area (Å²) in [4.78, 5) is 26.7. The molecule has 1 atom stereocenters. The second-order valence-corrected chi connectivity index (χ2v) is 6.27. The number of carbonyl (C=O) groups is 2. The van der Waals surface area contributed by atoms with Crippen molar-refractivity contribution in [1.29, 1.82) is 0 Å². The first-order valence-electron chi connectivity index (χ1n) is 8.54. The molecule has 3 rings (SSSR count). The summed E-state index contributed by atoms with van der Waals surface area (Å²) in [7, 11) is 0. The van der Waals surface area contributed by atoms with Crippen molar-refractivity contribution in [2.75, 3.05) is 26.3 Å². The number of rotatable bonds is 5. The molecule has 0 radical (unpaired) electrons. The predicted octanol–water partition coefficient (Wildman–Crippen LogP) is 0.849. The fraction of sp³-hybridized carbons (Fsp3) is 0.300. The number of nitrogens with one attached hydrogen (secondary N) is 2. The minimum Gasteiger partial charge on any atom is -0.370 e. The van der Waals surface area contributed by atoms with E-state index >= 15 is 0 Å². The van der Waals surface area contributed by atoms with Crippen molar-refractivity contribution in [2.24, 2.45) is 0 Å². The smallest absolute Gasteiger partial charge is 0.256 e. The molecule has 1 saturated heterocycles. The molecule has 5 heteroatoms. The van der Waals surface area contributed by atoms with Gasteiger partial charge in [0.25, 0.3) is 5.91 Å². The summed E-state index contributed by atoms with van der Waals surface area (Å²) in [6.07, 6.45) is -0.611. The lowest BCUT2D eigenvalue weighted by Crippen LogP contribution is -3.20. The lowest BCUT2D eigenvalue weighted by atomic mass is 10.1. The topological polar surface area (TPSA) is 59.8 Å². The lowest BCUT2D eigenvalue weighted by molar-refractivity contribution is -0.925. The zero-order valence-corrected chi connectivity index (χ0v) is 14.3. The van der Waals surface area contributed by atoms with E-state index in [0.29, 0.717) is 37.4 Å². The molecule has 0 aromatic heterocycles. The summed E-state index contributed by atoms with van der Waals surface area (Å²) in [6.45, 7) is 4.54. The number of benzene rings is 2. The second kappa shape index (κ2) is 8.05. The minimum atomic E-state index is -0.611. The summed E-state index contributed by atoms with van der Waals surface area (Å²) < 4.78 is 5.39. The number of hydrogen-bond acceptors (Lipinski definition) is 3. The number of quaternary nitrogens is 1. The first-order valence-corrected chi connectivity index (χ1v) is 8.54. The Morgan fingerprint density at radius 2 is 1.60 bits per heavy atom. The molecule has 2 aromatic carbocycles. The Balaban J connectivity index is 1.81. The highest BCUT2D eigenvalue weighted by Crippen LogP contribution is 2.05. The van der Waals surface area contributed by atoms with Crippen LogP contribution >= 0.6 is 0 Å². The molecule has 0 saturated carbocycles. The molecule has 1 unspecified atom stereocenters. The van der Waals surface area contributed by atoms with Gasteiger partial charge in [0.2, 0.25) is 11.9 Å². The average molecular weight is 339 g/mol. The first-order chi connectivity index (χ1) is 12.1. The molecule has 2 N–H and O–H groups in total. The van der Waals surface area contributed by atoms with Crippen LogP contribution in [0.2, 0.25) is 0 Å². The number of amides is 1. The molecule has 130 valence electrons. The molecule has 1 aliphatic heterocycles. The van der Waals surface area contributed by atoms with Crippen molar-refractivity contribution in [1.82, 2.24) is 5.32 Å². The van der Waals surface area contributed by atoms with Crippen molar-refractivity contribution in [3.63, 3.8) is 0 Å². The maximum absolute atomic E-state index is 13.0. The quantitative estimate of drug-likeness (QED) is 0.794. The Morgan fingerprint density at radius 3 is 2.24 bits per heavy atom. The molecule has 1 fully saturated rings. The van der Waals surface area contributed by atoms with E-state index in [9.17, 15) is 9.59 Å². The van der Waals surface area contributed by atoms with E-state index in [1.807, 2.05) is 37.3 Å². The zero-order valence-electron chi connectivity index (χ0n) is 14.3. The van der Waals surface area contributed by atoms with Crippen molar-refractivity contribution < 1.29 is 19.2 Å². The van der Waals surface area contributed by atoms with Gasteiger partial charge in [-0.15, -0.1) is 0 Å². The largest absolute Gasteiger partial charge is 0.370 e. The first kappa shape index (κ1) is 17.3. The van der Waals surface area contributed by atoms with E-state index in [1.165, 1.54) is 0 Å². The molecular formula is C20H23N2O3+. The zero-order chi connectivity index (χ0) is 17.6. The standard InChI is InChI=1S/C20H22N2O3/c1-15-7-9-17(10-8-15)20(24)21-19(22-11-13-25-14-12-22)18(23)16-5-3-2-4-6-16/h2-10,19H,11-14H2,1H3,(H,21,24)/p+1. The van der Waals surface area contributed by atoms with Crippen LogP contribution in [-0.4, -0.2) is 44.2 Å². The maximum Gasteiger partial charge on any atom is 0.256 e. The Morgan fingerprint density at radius 1 is 0.960 bits per heavy atom. The minimum absolute atomic E-state index is 0.0713. The number of aryl methyl sites for hydroxylation is 1. The third-order valence-electron chi connectivity index (χ3n) is 4.45. The summed E-state index contributed by atoms with van der Waals surface area (Å²) in [5, 5.41) is 2.94. The molecule has 0 bridgehead atoms. The fourth-order valence-corrected chi connectivity index (χ4v) is 2.96. The Labute approximate surface area is 147 Å². The molecule has 1 amide bonds. The van der Waals surface area contributed by atoms with E-state index in [-0.39, 0.29) is 11.7 Å². The SMILES string of the molecule is Cc1ccc(C(=O)NC(C(=O)c2ccccc2)[NH+]2CCOCC2)cc1. The summed E-state index contributed by atoms with van der Waals surface area (Å²) in [5.74, 6) is -0.300. The summed E-state index contributed by atoms with van der Waals surface area (Å²) in [5.41, 5.74) is 2.26. The number of carbonyl (C=O) groups excluding carboxylic acids is 2. The molecule has 1 aliphatic rings. The van der Waals surface area contributed by atoms with Crippen LogP contribution in [0, 0.1) is 6.92 Å². The summed E-state index contributed by atoms with van der Waals surface area (Å²) in [6, 6.07) is 16.5. The normalized spacial score (nSPS) is 16.2. The van der Waals surface area contributed by atoms with Crippen molar-refractivity contribution in [2.45, 2.75) is 13.1 Å². The van der Waals surface area contributed by atoms with Gasteiger partial charge in [-0.05, 0) is 19.1 Å². The molecule has 25 heavy (non-hydrogen) atoms. The van der Waals surface area contributed by atoms with Gasteiger partial charge < -0.3 is 9.64 Å². The highest BCUT2D eigenvalue weighted by atomic mass is 16.5. The maximum atomic E-state index is 13.0. The lowest BCUT2D eigenvalue weighted by Gasteiger charge is -2.30. The van der Waals surface area contributed by atoms with Crippen LogP contribution in [0.4, 0.5) is 0 Å². The Bertz CT molecular complexity index is 722. The van der Waals surface area contributed by atoms with Crippen LogP contribution in [0.25, 0.3) is 0 Å². The van der Waals surface area contributed by atoms with E-state index in [4.69, 9.17) is 4.74 Å². The van der Waals surface area contributed by atoms with E-state index in [2.05, 4.69) is 5.32 Å². The van der Waals surface area contributed by atoms with Crippen LogP contribution in [0.15, 0.2) is 54.6 Å². The van der Waals surface area contributed by atoms with Crippen LogP contribution in [0.5, 0.6) is 0 Å². The number of ketones is 1. The van der Waals surface area contributed by atoms with Gasteiger partial charge in [-0.25, -0.2) is 0 Å². The summed E-state index contributed by atoms with van der Waals surface area (Å²) >= 11 is 0. The second-order valence-electron chi connectivity index (χ2n) is 6.27. The average Bonchev–Trinajstić information content (AvgIpc) is 2.67. The van der Waals surface area contributed by atoms with Gasteiger partial charge in [0.1, 0.15) is 13.1 Å². The van der Waals surface area contributed by atoms with E-state index in [1.54, 1.807) is 24.3 Å². The van der Waals surface area contributed by atoms with Crippen LogP contribution in [0.1, 0.15) is 26.3 Å². The molecule has 5 nitrogen and oxygen atoms in total. The molecular weight excluding hydrogens is 316 g/mol. The van der Waals surface area contributed by atoms with Gasteiger partial charge in [-0.3, -0.25) is 14.9 Å². The Hall–Kier alpha value is -2.50. The molecule has 0 spiro atoms. The van der Waals surface area contributed by atoms with Gasteiger partial charge in [0.05, 0.1) is 13.2 Å². The number of Topliss-reactive ketones (excluding diaryl/α,β-unsaturated/α-hetero) is 1. The van der Waals surface area contributed by atoms with Crippen molar-refractivity contribution >= 4 is 11.7 Å². The highest BCUT2D eigenvalue weighted by Gasteiger charge is 2.33. The van der Waals surface area contributed by atoms with Gasteiger partial charge in [-0.2, -0.15) is 0 Å². The monoisotopic (exact) mass is 339 g/mol. The number of morpholine rings is 1. The van der Waals surface area contributed by atoms with E-state index in [0.717, 1.165) is 10.5 Å². The van der Waals surface area contributed by atoms with Gasteiger partial charge >= 0.3 is 0 Å². The van der Waals surface area contributed by atoms with Crippen LogP contribution < -0.4 is 10.2 Å². The van der Waals surface area contributed by atoms with Crippen LogP contribution in [-0.2, 0) is 4.74 Å². The highest BCUT2D eigenvalue weighted by molar-refractivity contribution is 6.03. The third kappa shape index (κ3) is 4.32. The fourth-order valence-electron chi connectivity index (χ4n) is 2.96. The van der Waals surface area contributed by atoms with Gasteiger partial charge in [-0.1, -0.05) is 48.0 Å². The van der Waals surface area contributed by atoms with Crippen LogP contribution in [0.3, 0.4) is 0 Å². The molecule has 0 aliphatic carbocycles. The Kier molecular flexibility index (Phi) is 5.58. The van der Waals surface area contributed by atoms with Gasteiger partial charge in [0, 0.05) is 11.1 Å². The van der Waals surface area contributed by atoms with Crippen molar-refractivity contribution in [3.05, 3.63) is 71.3 Å². The number of ether oxygens (including phenoxy) is 1.